The number of hydrogen-bond acceptors (Lipinski definition) is 2. The number of benzene rings is 1. The van der Waals surface area contributed by atoms with Crippen LogP contribution in [0.5, 0.6) is 5.75 Å². The van der Waals surface area contributed by atoms with E-state index in [9.17, 15) is 0 Å². The third-order valence-corrected chi connectivity index (χ3v) is 3.44. The normalized spacial score (nSPS) is 20.6. The van der Waals surface area contributed by atoms with E-state index in [2.05, 4.69) is 33.2 Å². The zero-order chi connectivity index (χ0) is 12.3. The minimum absolute atomic E-state index is 0.0783. The fourth-order valence-corrected chi connectivity index (χ4v) is 2.41. The highest BCUT2D eigenvalue weighted by atomic mass is 79.9. The molecule has 2 unspecified atom stereocenters. The van der Waals surface area contributed by atoms with Crippen molar-refractivity contribution in [2.75, 3.05) is 6.61 Å². The SMILES string of the molecule is C#CC(C)NC1CCCOc2cc(Br)ccc21. The van der Waals surface area contributed by atoms with Crippen molar-refractivity contribution in [2.45, 2.75) is 31.8 Å². The molecular formula is C14H16BrNO. The van der Waals surface area contributed by atoms with Gasteiger partial charge in [0.25, 0.3) is 0 Å². The summed E-state index contributed by atoms with van der Waals surface area (Å²) in [5.74, 6) is 3.67. The lowest BCUT2D eigenvalue weighted by Crippen LogP contribution is -2.29. The maximum absolute atomic E-state index is 5.75. The first-order valence-corrected chi connectivity index (χ1v) is 6.64. The molecule has 0 saturated heterocycles. The van der Waals surface area contributed by atoms with E-state index in [-0.39, 0.29) is 12.1 Å². The van der Waals surface area contributed by atoms with Crippen LogP contribution in [0.1, 0.15) is 31.4 Å². The molecule has 0 aliphatic carbocycles. The van der Waals surface area contributed by atoms with Gasteiger partial charge in [0.1, 0.15) is 5.75 Å². The molecule has 90 valence electrons. The van der Waals surface area contributed by atoms with Crippen molar-refractivity contribution in [1.29, 1.82) is 0 Å². The van der Waals surface area contributed by atoms with Crippen molar-refractivity contribution >= 4 is 15.9 Å². The number of terminal acetylenes is 1. The van der Waals surface area contributed by atoms with E-state index in [0.717, 1.165) is 29.7 Å². The van der Waals surface area contributed by atoms with E-state index in [1.54, 1.807) is 0 Å². The Kier molecular flexibility index (Phi) is 4.09. The van der Waals surface area contributed by atoms with Gasteiger partial charge in [0, 0.05) is 16.1 Å². The second kappa shape index (κ2) is 5.57. The van der Waals surface area contributed by atoms with Crippen LogP contribution in [0.25, 0.3) is 0 Å². The van der Waals surface area contributed by atoms with Crippen LogP contribution < -0.4 is 10.1 Å². The molecule has 0 radical (unpaired) electrons. The van der Waals surface area contributed by atoms with Crippen LogP contribution in [0.4, 0.5) is 0 Å². The monoisotopic (exact) mass is 293 g/mol. The molecule has 3 heteroatoms. The number of nitrogens with one attached hydrogen (secondary N) is 1. The smallest absolute Gasteiger partial charge is 0.125 e. The van der Waals surface area contributed by atoms with Crippen LogP contribution in [-0.2, 0) is 0 Å². The molecule has 1 aromatic carbocycles. The minimum Gasteiger partial charge on any atom is -0.493 e. The Labute approximate surface area is 111 Å². The van der Waals surface area contributed by atoms with Gasteiger partial charge in [-0.1, -0.05) is 27.9 Å². The Morgan fingerprint density at radius 3 is 3.18 bits per heavy atom. The van der Waals surface area contributed by atoms with Crippen LogP contribution in [0.15, 0.2) is 22.7 Å². The zero-order valence-electron chi connectivity index (χ0n) is 9.87. The highest BCUT2D eigenvalue weighted by Crippen LogP contribution is 2.33. The highest BCUT2D eigenvalue weighted by Gasteiger charge is 2.20. The third-order valence-electron chi connectivity index (χ3n) is 2.95. The summed E-state index contributed by atoms with van der Waals surface area (Å²) in [6.45, 7) is 2.77. The molecule has 1 N–H and O–H groups in total. The van der Waals surface area contributed by atoms with Gasteiger partial charge < -0.3 is 4.74 Å². The van der Waals surface area contributed by atoms with Crippen molar-refractivity contribution in [1.82, 2.24) is 5.32 Å². The van der Waals surface area contributed by atoms with Crippen LogP contribution in [0, 0.1) is 12.3 Å². The van der Waals surface area contributed by atoms with Gasteiger partial charge in [-0.25, -0.2) is 0 Å². The summed E-state index contributed by atoms with van der Waals surface area (Å²) in [5.41, 5.74) is 1.20. The summed E-state index contributed by atoms with van der Waals surface area (Å²) >= 11 is 3.47. The van der Waals surface area contributed by atoms with Gasteiger partial charge >= 0.3 is 0 Å². The molecule has 2 atom stereocenters. The number of halogens is 1. The van der Waals surface area contributed by atoms with E-state index >= 15 is 0 Å². The lowest BCUT2D eigenvalue weighted by Gasteiger charge is -2.20. The van der Waals surface area contributed by atoms with Crippen molar-refractivity contribution in [3.05, 3.63) is 28.2 Å². The predicted molar refractivity (Wildman–Crippen MR) is 73.0 cm³/mol. The predicted octanol–water partition coefficient (Wildman–Crippen LogP) is 3.27. The Morgan fingerprint density at radius 2 is 2.41 bits per heavy atom. The van der Waals surface area contributed by atoms with Gasteiger partial charge in [-0.15, -0.1) is 6.42 Å². The molecule has 17 heavy (non-hydrogen) atoms. The molecule has 0 saturated carbocycles. The topological polar surface area (TPSA) is 21.3 Å². The Hall–Kier alpha value is -0.980. The van der Waals surface area contributed by atoms with Crippen LogP contribution >= 0.6 is 15.9 Å². The highest BCUT2D eigenvalue weighted by molar-refractivity contribution is 9.10. The molecule has 2 nitrogen and oxygen atoms in total. The van der Waals surface area contributed by atoms with Crippen molar-refractivity contribution in [3.63, 3.8) is 0 Å². The molecule has 1 heterocycles. The van der Waals surface area contributed by atoms with Crippen molar-refractivity contribution in [3.8, 4) is 18.1 Å². The van der Waals surface area contributed by atoms with Crippen LogP contribution in [0.3, 0.4) is 0 Å². The number of fused-ring (bicyclic) bond motifs is 1. The Balaban J connectivity index is 2.27. The number of ether oxygens (including phenoxy) is 1. The van der Waals surface area contributed by atoms with E-state index in [0.29, 0.717) is 0 Å². The summed E-state index contributed by atoms with van der Waals surface area (Å²) in [5, 5.41) is 3.45. The summed E-state index contributed by atoms with van der Waals surface area (Å²) in [6.07, 6.45) is 7.52. The fraction of sp³-hybridized carbons (Fsp3) is 0.429. The average Bonchev–Trinajstić information content (AvgIpc) is 2.51. The van der Waals surface area contributed by atoms with Gasteiger partial charge in [-0.05, 0) is 31.9 Å². The first kappa shape index (κ1) is 12.5. The van der Waals surface area contributed by atoms with Gasteiger partial charge in [-0.3, -0.25) is 5.32 Å². The average molecular weight is 294 g/mol. The fourth-order valence-electron chi connectivity index (χ4n) is 2.07. The molecule has 2 rings (SSSR count). The summed E-state index contributed by atoms with van der Waals surface area (Å²) in [4.78, 5) is 0. The first-order valence-electron chi connectivity index (χ1n) is 5.85. The lowest BCUT2D eigenvalue weighted by atomic mass is 10.0. The third kappa shape index (κ3) is 3.02. The molecule has 0 fully saturated rings. The van der Waals surface area contributed by atoms with Crippen LogP contribution in [0.2, 0.25) is 0 Å². The van der Waals surface area contributed by atoms with Gasteiger partial charge in [0.2, 0.25) is 0 Å². The molecule has 1 aliphatic rings. The van der Waals surface area contributed by atoms with E-state index in [1.165, 1.54) is 5.56 Å². The maximum Gasteiger partial charge on any atom is 0.125 e. The molecule has 0 bridgehead atoms. The Bertz CT molecular complexity index is 438. The summed E-state index contributed by atoms with van der Waals surface area (Å²) in [6, 6.07) is 6.53. The number of rotatable bonds is 2. The van der Waals surface area contributed by atoms with Gasteiger partial charge in [-0.2, -0.15) is 0 Å². The minimum atomic E-state index is 0.0783. The maximum atomic E-state index is 5.75. The quantitative estimate of drug-likeness (QED) is 0.845. The Morgan fingerprint density at radius 1 is 1.59 bits per heavy atom. The standard InChI is InChI=1S/C14H16BrNO/c1-3-10(2)16-13-5-4-8-17-14-9-11(15)6-7-12(13)14/h1,6-7,9-10,13,16H,4-5,8H2,2H3. The molecule has 0 spiro atoms. The first-order chi connectivity index (χ1) is 8.20. The van der Waals surface area contributed by atoms with E-state index in [1.807, 2.05) is 19.1 Å². The molecule has 0 amide bonds. The second-order valence-electron chi connectivity index (χ2n) is 4.28. The van der Waals surface area contributed by atoms with Crippen LogP contribution in [-0.4, -0.2) is 12.6 Å². The van der Waals surface area contributed by atoms with Crippen molar-refractivity contribution < 1.29 is 4.74 Å². The molecule has 1 aromatic rings. The van der Waals surface area contributed by atoms with E-state index < -0.39 is 0 Å². The number of hydrogen-bond donors (Lipinski definition) is 1. The molecule has 1 aliphatic heterocycles. The summed E-state index contributed by atoms with van der Waals surface area (Å²) in [7, 11) is 0. The second-order valence-corrected chi connectivity index (χ2v) is 5.20. The van der Waals surface area contributed by atoms with Gasteiger partial charge in [0.05, 0.1) is 12.6 Å². The molecular weight excluding hydrogens is 278 g/mol. The largest absolute Gasteiger partial charge is 0.493 e. The lowest BCUT2D eigenvalue weighted by molar-refractivity contribution is 0.315. The van der Waals surface area contributed by atoms with Gasteiger partial charge in [0.15, 0.2) is 0 Å². The summed E-state index contributed by atoms with van der Waals surface area (Å²) < 4.78 is 6.80. The zero-order valence-corrected chi connectivity index (χ0v) is 11.5. The molecule has 0 aromatic heterocycles. The van der Waals surface area contributed by atoms with E-state index in [4.69, 9.17) is 11.2 Å². The van der Waals surface area contributed by atoms with Crippen molar-refractivity contribution in [2.24, 2.45) is 0 Å².